The Hall–Kier alpha value is -1.19. The smallest absolute Gasteiger partial charge is 0.127 e. The maximum absolute atomic E-state index is 14.1. The quantitative estimate of drug-likeness (QED) is 0.895. The third-order valence-corrected chi connectivity index (χ3v) is 4.59. The third kappa shape index (κ3) is 2.52. The Labute approximate surface area is 127 Å². The molecule has 0 atom stereocenters. The van der Waals surface area contributed by atoms with Gasteiger partial charge in [0.2, 0.25) is 0 Å². The highest BCUT2D eigenvalue weighted by molar-refractivity contribution is 9.10. The topological polar surface area (TPSA) is 12.0 Å². The van der Waals surface area contributed by atoms with Gasteiger partial charge in [-0.25, -0.2) is 4.39 Å². The lowest BCUT2D eigenvalue weighted by Crippen LogP contribution is -2.58. The largest absolute Gasteiger partial charge is 0.315 e. The van der Waals surface area contributed by atoms with Crippen LogP contribution in [-0.2, 0) is 11.8 Å². The number of aryl methyl sites for hydroxylation is 1. The van der Waals surface area contributed by atoms with E-state index in [9.17, 15) is 4.39 Å². The minimum atomic E-state index is -0.127. The Morgan fingerprint density at radius 2 is 2.00 bits per heavy atom. The molecule has 0 saturated carbocycles. The number of nitrogens with one attached hydrogen (secondary N) is 1. The van der Waals surface area contributed by atoms with Crippen molar-refractivity contribution in [2.24, 2.45) is 0 Å². The van der Waals surface area contributed by atoms with Crippen LogP contribution in [0, 0.1) is 12.7 Å². The molecule has 0 amide bonds. The van der Waals surface area contributed by atoms with Gasteiger partial charge >= 0.3 is 0 Å². The van der Waals surface area contributed by atoms with Gasteiger partial charge in [-0.3, -0.25) is 0 Å². The zero-order valence-electron chi connectivity index (χ0n) is 11.4. The molecule has 1 heterocycles. The normalized spacial score (nSPS) is 16.8. The summed E-state index contributed by atoms with van der Waals surface area (Å²) < 4.78 is 14.9. The van der Waals surface area contributed by atoms with Gasteiger partial charge in [0.05, 0.1) is 0 Å². The first-order chi connectivity index (χ1) is 9.59. The van der Waals surface area contributed by atoms with Crippen molar-refractivity contribution >= 4 is 15.9 Å². The molecular formula is C17H17BrFN. The Balaban J connectivity index is 1.94. The maximum Gasteiger partial charge on any atom is 0.127 e. The Kier molecular flexibility index (Phi) is 3.65. The molecule has 1 N–H and O–H groups in total. The number of rotatable bonds is 3. The summed E-state index contributed by atoms with van der Waals surface area (Å²) in [5.41, 5.74) is 3.38. The van der Waals surface area contributed by atoms with Gasteiger partial charge in [-0.2, -0.15) is 0 Å². The zero-order valence-corrected chi connectivity index (χ0v) is 13.0. The number of hydrogen-bond acceptors (Lipinski definition) is 1. The predicted octanol–water partition coefficient (Wildman–Crippen LogP) is 3.98. The van der Waals surface area contributed by atoms with Crippen LogP contribution in [0.5, 0.6) is 0 Å². The van der Waals surface area contributed by atoms with Gasteiger partial charge in [0.25, 0.3) is 0 Å². The second kappa shape index (κ2) is 5.30. The first-order valence-electron chi connectivity index (χ1n) is 6.81. The molecule has 2 aromatic rings. The Morgan fingerprint density at radius 3 is 2.60 bits per heavy atom. The molecule has 3 rings (SSSR count). The van der Waals surface area contributed by atoms with Gasteiger partial charge < -0.3 is 5.32 Å². The fourth-order valence-corrected chi connectivity index (χ4v) is 3.20. The SMILES string of the molecule is Cc1cccc(C2(Cc3ccc(Br)cc3F)CNC2)c1. The average molecular weight is 334 g/mol. The van der Waals surface area contributed by atoms with Crippen molar-refractivity contribution in [1.29, 1.82) is 0 Å². The summed E-state index contributed by atoms with van der Waals surface area (Å²) in [6.45, 7) is 3.92. The van der Waals surface area contributed by atoms with Crippen molar-refractivity contribution in [2.45, 2.75) is 18.8 Å². The van der Waals surface area contributed by atoms with E-state index in [2.05, 4.69) is 52.4 Å². The first kappa shape index (κ1) is 13.8. The summed E-state index contributed by atoms with van der Waals surface area (Å²) in [5.74, 6) is -0.127. The average Bonchev–Trinajstić information content (AvgIpc) is 2.36. The predicted molar refractivity (Wildman–Crippen MR) is 83.5 cm³/mol. The summed E-state index contributed by atoms with van der Waals surface area (Å²) in [6, 6.07) is 13.9. The van der Waals surface area contributed by atoms with Gasteiger partial charge in [0.1, 0.15) is 5.82 Å². The molecule has 3 heteroatoms. The number of hydrogen-bond donors (Lipinski definition) is 1. The molecule has 0 spiro atoms. The van der Waals surface area contributed by atoms with Crippen LogP contribution in [0.2, 0.25) is 0 Å². The molecule has 0 aromatic heterocycles. The summed E-state index contributed by atoms with van der Waals surface area (Å²) in [4.78, 5) is 0. The summed E-state index contributed by atoms with van der Waals surface area (Å²) in [6.07, 6.45) is 0.739. The van der Waals surface area contributed by atoms with Crippen molar-refractivity contribution in [3.63, 3.8) is 0 Å². The monoisotopic (exact) mass is 333 g/mol. The van der Waals surface area contributed by atoms with Crippen molar-refractivity contribution in [2.75, 3.05) is 13.1 Å². The highest BCUT2D eigenvalue weighted by Crippen LogP contribution is 2.34. The first-order valence-corrected chi connectivity index (χ1v) is 7.60. The third-order valence-electron chi connectivity index (χ3n) is 4.10. The van der Waals surface area contributed by atoms with Crippen LogP contribution in [0.4, 0.5) is 4.39 Å². The molecule has 20 heavy (non-hydrogen) atoms. The van der Waals surface area contributed by atoms with Crippen LogP contribution >= 0.6 is 15.9 Å². The number of benzene rings is 2. The number of halogens is 2. The van der Waals surface area contributed by atoms with Crippen LogP contribution in [0.25, 0.3) is 0 Å². The molecule has 1 aliphatic heterocycles. The summed E-state index contributed by atoms with van der Waals surface area (Å²) >= 11 is 3.31. The highest BCUT2D eigenvalue weighted by Gasteiger charge is 2.39. The van der Waals surface area contributed by atoms with E-state index >= 15 is 0 Å². The van der Waals surface area contributed by atoms with Gasteiger partial charge in [0.15, 0.2) is 0 Å². The standard InChI is InChI=1S/C17H17BrFN/c1-12-3-2-4-14(7-12)17(10-20-11-17)9-13-5-6-15(18)8-16(13)19/h2-8,20H,9-11H2,1H3. The minimum Gasteiger partial charge on any atom is -0.315 e. The van der Waals surface area contributed by atoms with E-state index in [1.165, 1.54) is 11.1 Å². The zero-order chi connectivity index (χ0) is 14.2. The van der Waals surface area contributed by atoms with Crippen LogP contribution in [0.1, 0.15) is 16.7 Å². The van der Waals surface area contributed by atoms with Crippen molar-refractivity contribution < 1.29 is 4.39 Å². The lowest BCUT2D eigenvalue weighted by Gasteiger charge is -2.43. The molecule has 1 nitrogen and oxygen atoms in total. The van der Waals surface area contributed by atoms with Gasteiger partial charge in [-0.05, 0) is 36.6 Å². The van der Waals surface area contributed by atoms with E-state index in [-0.39, 0.29) is 11.2 Å². The molecule has 2 aromatic carbocycles. The van der Waals surface area contributed by atoms with Crippen LogP contribution < -0.4 is 5.32 Å². The molecule has 104 valence electrons. The summed E-state index contributed by atoms with van der Waals surface area (Å²) in [7, 11) is 0. The van der Waals surface area contributed by atoms with E-state index in [1.807, 2.05) is 12.1 Å². The molecule has 0 aliphatic carbocycles. The molecule has 0 radical (unpaired) electrons. The molecule has 0 unspecified atom stereocenters. The molecule has 1 aliphatic rings. The van der Waals surface area contributed by atoms with E-state index in [0.717, 1.165) is 29.5 Å². The van der Waals surface area contributed by atoms with E-state index in [0.29, 0.717) is 0 Å². The Morgan fingerprint density at radius 1 is 1.20 bits per heavy atom. The lowest BCUT2D eigenvalue weighted by molar-refractivity contribution is 0.272. The summed E-state index contributed by atoms with van der Waals surface area (Å²) in [5, 5.41) is 3.34. The van der Waals surface area contributed by atoms with E-state index in [1.54, 1.807) is 6.07 Å². The van der Waals surface area contributed by atoms with Crippen LogP contribution in [0.3, 0.4) is 0 Å². The van der Waals surface area contributed by atoms with Gasteiger partial charge in [0, 0.05) is 23.0 Å². The van der Waals surface area contributed by atoms with Crippen molar-refractivity contribution in [3.05, 3.63) is 69.4 Å². The molecule has 0 bridgehead atoms. The Bertz CT molecular complexity index is 635. The van der Waals surface area contributed by atoms with Crippen molar-refractivity contribution in [3.8, 4) is 0 Å². The molecule has 1 fully saturated rings. The van der Waals surface area contributed by atoms with Crippen molar-refractivity contribution in [1.82, 2.24) is 5.32 Å². The van der Waals surface area contributed by atoms with Crippen LogP contribution in [-0.4, -0.2) is 13.1 Å². The lowest BCUT2D eigenvalue weighted by atomic mass is 9.70. The minimum absolute atomic E-state index is 0.0285. The van der Waals surface area contributed by atoms with Crippen LogP contribution in [0.15, 0.2) is 46.9 Å². The maximum atomic E-state index is 14.1. The molecule has 1 saturated heterocycles. The van der Waals surface area contributed by atoms with E-state index < -0.39 is 0 Å². The van der Waals surface area contributed by atoms with Gasteiger partial charge in [-0.15, -0.1) is 0 Å². The molecular weight excluding hydrogens is 317 g/mol. The fourth-order valence-electron chi connectivity index (χ4n) is 2.86. The second-order valence-electron chi connectivity index (χ2n) is 5.67. The highest BCUT2D eigenvalue weighted by atomic mass is 79.9. The van der Waals surface area contributed by atoms with Gasteiger partial charge in [-0.1, -0.05) is 51.8 Å². The second-order valence-corrected chi connectivity index (χ2v) is 6.58. The van der Waals surface area contributed by atoms with E-state index in [4.69, 9.17) is 0 Å². The fraction of sp³-hybridized carbons (Fsp3) is 0.294.